The van der Waals surface area contributed by atoms with Crippen molar-refractivity contribution in [2.75, 3.05) is 55.7 Å². The van der Waals surface area contributed by atoms with Crippen molar-refractivity contribution in [2.24, 2.45) is 0 Å². The van der Waals surface area contributed by atoms with Crippen molar-refractivity contribution in [3.05, 3.63) is 24.3 Å². The van der Waals surface area contributed by atoms with Gasteiger partial charge in [-0.2, -0.15) is 0 Å². The highest BCUT2D eigenvalue weighted by molar-refractivity contribution is 7.92. The van der Waals surface area contributed by atoms with Crippen LogP contribution in [0.2, 0.25) is 0 Å². The largest absolute Gasteiger partial charge is 0.379 e. The predicted octanol–water partition coefficient (Wildman–Crippen LogP) is 0.902. The molecule has 0 saturated carbocycles. The van der Waals surface area contributed by atoms with Gasteiger partial charge in [-0.25, -0.2) is 13.2 Å². The molecular weight excluding hydrogens is 332 g/mol. The minimum Gasteiger partial charge on any atom is -0.379 e. The van der Waals surface area contributed by atoms with E-state index >= 15 is 0 Å². The number of nitrogens with one attached hydrogen (secondary N) is 3. The van der Waals surface area contributed by atoms with Crippen LogP contribution in [-0.2, 0) is 14.8 Å². The van der Waals surface area contributed by atoms with Gasteiger partial charge in [0, 0.05) is 31.0 Å². The van der Waals surface area contributed by atoms with E-state index in [9.17, 15) is 13.2 Å². The summed E-state index contributed by atoms with van der Waals surface area (Å²) < 4.78 is 29.9. The van der Waals surface area contributed by atoms with Crippen LogP contribution < -0.4 is 15.4 Å². The van der Waals surface area contributed by atoms with Crippen LogP contribution in [0.5, 0.6) is 0 Å². The molecule has 0 aromatic heterocycles. The van der Waals surface area contributed by atoms with Crippen molar-refractivity contribution in [3.63, 3.8) is 0 Å². The summed E-state index contributed by atoms with van der Waals surface area (Å²) in [5.41, 5.74) is 1.05. The first kappa shape index (κ1) is 18.5. The second-order valence-electron chi connectivity index (χ2n) is 5.64. The Hall–Kier alpha value is -1.84. The third-order valence-corrected chi connectivity index (χ3v) is 4.09. The van der Waals surface area contributed by atoms with Crippen LogP contribution in [0.15, 0.2) is 24.3 Å². The Labute approximate surface area is 142 Å². The smallest absolute Gasteiger partial charge is 0.319 e. The molecule has 0 atom stereocenters. The van der Waals surface area contributed by atoms with Crippen LogP contribution in [-0.4, -0.2) is 65.0 Å². The number of nitrogens with zero attached hydrogens (tertiary/aromatic N) is 1. The Morgan fingerprint density at radius 3 is 2.42 bits per heavy atom. The highest BCUT2D eigenvalue weighted by Gasteiger charge is 2.09. The van der Waals surface area contributed by atoms with Gasteiger partial charge in [-0.3, -0.25) is 9.62 Å². The van der Waals surface area contributed by atoms with Crippen molar-refractivity contribution >= 4 is 27.4 Å². The van der Waals surface area contributed by atoms with Gasteiger partial charge in [0.25, 0.3) is 0 Å². The maximum Gasteiger partial charge on any atom is 0.319 e. The molecule has 0 spiro atoms. The van der Waals surface area contributed by atoms with Gasteiger partial charge in [-0.1, -0.05) is 0 Å². The van der Waals surface area contributed by atoms with Crippen molar-refractivity contribution in [1.82, 2.24) is 10.2 Å². The van der Waals surface area contributed by atoms with Crippen LogP contribution in [0.1, 0.15) is 6.42 Å². The van der Waals surface area contributed by atoms with Gasteiger partial charge in [0.1, 0.15) is 0 Å². The molecule has 2 rings (SSSR count). The molecule has 24 heavy (non-hydrogen) atoms. The Balaban J connectivity index is 1.66. The minimum atomic E-state index is -3.30. The van der Waals surface area contributed by atoms with E-state index in [1.54, 1.807) is 24.3 Å². The van der Waals surface area contributed by atoms with Crippen LogP contribution in [0.25, 0.3) is 0 Å². The molecular formula is C15H24N4O4S. The van der Waals surface area contributed by atoms with Gasteiger partial charge < -0.3 is 15.4 Å². The summed E-state index contributed by atoms with van der Waals surface area (Å²) in [7, 11) is -3.30. The number of urea groups is 1. The molecule has 0 radical (unpaired) electrons. The number of carbonyl (C=O) groups is 1. The van der Waals surface area contributed by atoms with Crippen LogP contribution in [0, 0.1) is 0 Å². The van der Waals surface area contributed by atoms with Crippen molar-refractivity contribution in [1.29, 1.82) is 0 Å². The molecule has 1 saturated heterocycles. The standard InChI is InChI=1S/C15H24N4O4S/c1-24(21,22)18-14-5-3-13(4-6-14)17-15(20)16-7-2-8-19-9-11-23-12-10-19/h3-6,18H,2,7-12H2,1H3,(H2,16,17,20). The zero-order chi connectivity index (χ0) is 17.4. The molecule has 1 heterocycles. The molecule has 0 bridgehead atoms. The average Bonchev–Trinajstić information content (AvgIpc) is 2.53. The van der Waals surface area contributed by atoms with Crippen LogP contribution in [0.3, 0.4) is 0 Å². The maximum absolute atomic E-state index is 11.8. The molecule has 3 N–H and O–H groups in total. The SMILES string of the molecule is CS(=O)(=O)Nc1ccc(NC(=O)NCCCN2CCOCC2)cc1. The Morgan fingerprint density at radius 1 is 1.17 bits per heavy atom. The Kier molecular flexibility index (Phi) is 6.83. The van der Waals surface area contributed by atoms with Gasteiger partial charge in [-0.05, 0) is 37.2 Å². The molecule has 1 aliphatic rings. The van der Waals surface area contributed by atoms with Gasteiger partial charge in [0.15, 0.2) is 0 Å². The Bertz CT molecular complexity index is 627. The number of hydrogen-bond acceptors (Lipinski definition) is 5. The second-order valence-corrected chi connectivity index (χ2v) is 7.39. The third-order valence-electron chi connectivity index (χ3n) is 3.49. The second kappa shape index (κ2) is 8.86. The van der Waals surface area contributed by atoms with Crippen molar-refractivity contribution in [3.8, 4) is 0 Å². The number of morpholine rings is 1. The summed E-state index contributed by atoms with van der Waals surface area (Å²) in [6, 6.07) is 6.19. The first-order valence-electron chi connectivity index (χ1n) is 7.85. The number of carbonyl (C=O) groups excluding carboxylic acids is 1. The lowest BCUT2D eigenvalue weighted by atomic mass is 10.3. The number of ether oxygens (including phenoxy) is 1. The summed E-state index contributed by atoms with van der Waals surface area (Å²) in [6.07, 6.45) is 1.97. The molecule has 8 nitrogen and oxygen atoms in total. The Morgan fingerprint density at radius 2 is 1.79 bits per heavy atom. The molecule has 134 valence electrons. The fourth-order valence-corrected chi connectivity index (χ4v) is 2.90. The number of anilines is 2. The summed E-state index contributed by atoms with van der Waals surface area (Å²) in [4.78, 5) is 14.1. The molecule has 2 amide bonds. The molecule has 1 aliphatic heterocycles. The molecule has 1 aromatic carbocycles. The highest BCUT2D eigenvalue weighted by Crippen LogP contribution is 2.14. The van der Waals surface area contributed by atoms with E-state index in [2.05, 4.69) is 20.3 Å². The molecule has 0 aliphatic carbocycles. The topological polar surface area (TPSA) is 99.8 Å². The van der Waals surface area contributed by atoms with E-state index in [0.717, 1.165) is 45.5 Å². The average molecular weight is 356 g/mol. The normalized spacial score (nSPS) is 15.7. The zero-order valence-electron chi connectivity index (χ0n) is 13.7. The van der Waals surface area contributed by atoms with E-state index in [1.807, 2.05) is 0 Å². The molecule has 1 aromatic rings. The number of amides is 2. The van der Waals surface area contributed by atoms with Gasteiger partial charge in [0.05, 0.1) is 19.5 Å². The first-order valence-corrected chi connectivity index (χ1v) is 9.74. The van der Waals surface area contributed by atoms with Gasteiger partial charge in [-0.15, -0.1) is 0 Å². The van der Waals surface area contributed by atoms with E-state index in [-0.39, 0.29) is 6.03 Å². The predicted molar refractivity (Wildman–Crippen MR) is 93.8 cm³/mol. The molecule has 0 unspecified atom stereocenters. The molecule has 1 fully saturated rings. The summed E-state index contributed by atoms with van der Waals surface area (Å²) in [6.45, 7) is 4.97. The molecule has 9 heteroatoms. The summed E-state index contributed by atoms with van der Waals surface area (Å²) in [5.74, 6) is 0. The van der Waals surface area contributed by atoms with Crippen LogP contribution >= 0.6 is 0 Å². The van der Waals surface area contributed by atoms with Gasteiger partial charge in [0.2, 0.25) is 10.0 Å². The quantitative estimate of drug-likeness (QED) is 0.631. The lowest BCUT2D eigenvalue weighted by Gasteiger charge is -2.26. The van der Waals surface area contributed by atoms with E-state index in [1.165, 1.54) is 0 Å². The fraction of sp³-hybridized carbons (Fsp3) is 0.533. The summed E-state index contributed by atoms with van der Waals surface area (Å²) >= 11 is 0. The van der Waals surface area contributed by atoms with E-state index < -0.39 is 10.0 Å². The summed E-state index contributed by atoms with van der Waals surface area (Å²) in [5, 5.41) is 5.51. The van der Waals surface area contributed by atoms with Crippen LogP contribution in [0.4, 0.5) is 16.2 Å². The van der Waals surface area contributed by atoms with Crippen molar-refractivity contribution < 1.29 is 17.9 Å². The minimum absolute atomic E-state index is 0.277. The monoisotopic (exact) mass is 356 g/mol. The zero-order valence-corrected chi connectivity index (χ0v) is 14.6. The number of hydrogen-bond donors (Lipinski definition) is 3. The lowest BCUT2D eigenvalue weighted by Crippen LogP contribution is -2.38. The highest BCUT2D eigenvalue weighted by atomic mass is 32.2. The number of sulfonamides is 1. The maximum atomic E-state index is 11.8. The van der Waals surface area contributed by atoms with Gasteiger partial charge >= 0.3 is 6.03 Å². The number of benzene rings is 1. The third kappa shape index (κ3) is 7.16. The van der Waals surface area contributed by atoms with Crippen molar-refractivity contribution in [2.45, 2.75) is 6.42 Å². The fourth-order valence-electron chi connectivity index (χ4n) is 2.34. The lowest BCUT2D eigenvalue weighted by molar-refractivity contribution is 0.0375. The first-order chi connectivity index (χ1) is 11.4. The number of rotatable bonds is 7. The van der Waals surface area contributed by atoms with E-state index in [0.29, 0.717) is 17.9 Å². The van der Waals surface area contributed by atoms with E-state index in [4.69, 9.17) is 4.74 Å².